The molecule has 2 aromatic carbocycles. The smallest absolute Gasteiger partial charge is 0.338 e. The third kappa shape index (κ3) is 5.49. The highest BCUT2D eigenvalue weighted by atomic mass is 79.9. The Labute approximate surface area is 154 Å². The molecular weight excluding hydrogens is 390 g/mol. The van der Waals surface area contributed by atoms with Gasteiger partial charge in [-0.15, -0.1) is 0 Å². The average molecular weight is 408 g/mol. The van der Waals surface area contributed by atoms with Crippen molar-refractivity contribution >= 4 is 33.5 Å². The molecule has 132 valence electrons. The Balaban J connectivity index is 1.94. The van der Waals surface area contributed by atoms with Crippen molar-refractivity contribution in [3.63, 3.8) is 0 Å². The summed E-state index contributed by atoms with van der Waals surface area (Å²) in [6, 6.07) is 11.8. The van der Waals surface area contributed by atoms with Gasteiger partial charge in [0.25, 0.3) is 5.91 Å². The Morgan fingerprint density at radius 3 is 2.60 bits per heavy atom. The van der Waals surface area contributed by atoms with Crippen LogP contribution in [0, 0.1) is 0 Å². The van der Waals surface area contributed by atoms with Crippen molar-refractivity contribution < 1.29 is 23.8 Å². The van der Waals surface area contributed by atoms with Gasteiger partial charge in [-0.1, -0.05) is 22.0 Å². The second-order valence-electron chi connectivity index (χ2n) is 4.93. The highest BCUT2D eigenvalue weighted by Crippen LogP contribution is 2.28. The molecule has 0 saturated carbocycles. The van der Waals surface area contributed by atoms with Gasteiger partial charge >= 0.3 is 5.97 Å². The van der Waals surface area contributed by atoms with Crippen LogP contribution in [-0.2, 0) is 9.53 Å². The van der Waals surface area contributed by atoms with Gasteiger partial charge in [-0.25, -0.2) is 4.79 Å². The maximum absolute atomic E-state index is 12.1. The standard InChI is InChI=1S/C18H18BrNO5/c1-3-24-15-8-7-12(9-16(15)23-2)18(22)25-11-17(21)20-14-6-4-5-13(19)10-14/h4-10H,3,11H2,1-2H3,(H,20,21). The number of hydrogen-bond acceptors (Lipinski definition) is 5. The summed E-state index contributed by atoms with van der Waals surface area (Å²) in [6.07, 6.45) is 0. The molecule has 0 saturated heterocycles. The van der Waals surface area contributed by atoms with E-state index in [4.69, 9.17) is 14.2 Å². The molecule has 0 aliphatic heterocycles. The van der Waals surface area contributed by atoms with Crippen molar-refractivity contribution in [2.45, 2.75) is 6.92 Å². The average Bonchev–Trinajstić information content (AvgIpc) is 2.60. The van der Waals surface area contributed by atoms with Gasteiger partial charge in [-0.05, 0) is 43.3 Å². The van der Waals surface area contributed by atoms with E-state index in [1.165, 1.54) is 13.2 Å². The molecule has 1 amide bonds. The minimum absolute atomic E-state index is 0.274. The predicted molar refractivity (Wildman–Crippen MR) is 97.2 cm³/mol. The summed E-state index contributed by atoms with van der Waals surface area (Å²) in [6.45, 7) is 1.95. The molecule has 0 aliphatic rings. The van der Waals surface area contributed by atoms with E-state index < -0.39 is 11.9 Å². The molecule has 0 aliphatic carbocycles. The minimum atomic E-state index is -0.620. The topological polar surface area (TPSA) is 73.9 Å². The number of halogens is 1. The van der Waals surface area contributed by atoms with Gasteiger partial charge in [0.15, 0.2) is 18.1 Å². The van der Waals surface area contributed by atoms with E-state index in [0.717, 1.165) is 4.47 Å². The molecule has 25 heavy (non-hydrogen) atoms. The Morgan fingerprint density at radius 2 is 1.92 bits per heavy atom. The zero-order valence-electron chi connectivity index (χ0n) is 13.9. The molecule has 0 radical (unpaired) electrons. The van der Waals surface area contributed by atoms with E-state index in [1.54, 1.807) is 30.3 Å². The largest absolute Gasteiger partial charge is 0.493 e. The third-order valence-electron chi connectivity index (χ3n) is 3.14. The van der Waals surface area contributed by atoms with Gasteiger partial charge in [0, 0.05) is 10.2 Å². The lowest BCUT2D eigenvalue weighted by Gasteiger charge is -2.11. The van der Waals surface area contributed by atoms with Crippen molar-refractivity contribution in [2.24, 2.45) is 0 Å². The second kappa shape index (κ2) is 9.08. The van der Waals surface area contributed by atoms with Crippen LogP contribution in [0.3, 0.4) is 0 Å². The Hall–Kier alpha value is -2.54. The Bertz CT molecular complexity index is 763. The number of ether oxygens (including phenoxy) is 3. The molecule has 0 aromatic heterocycles. The van der Waals surface area contributed by atoms with Gasteiger partial charge in [0.1, 0.15) is 0 Å². The fourth-order valence-electron chi connectivity index (χ4n) is 2.05. The molecule has 0 fully saturated rings. The van der Waals surface area contributed by atoms with Crippen LogP contribution in [0.2, 0.25) is 0 Å². The predicted octanol–water partition coefficient (Wildman–Crippen LogP) is 3.65. The number of hydrogen-bond donors (Lipinski definition) is 1. The van der Waals surface area contributed by atoms with E-state index >= 15 is 0 Å². The molecule has 0 bridgehead atoms. The van der Waals surface area contributed by atoms with Crippen LogP contribution >= 0.6 is 15.9 Å². The van der Waals surface area contributed by atoms with Crippen LogP contribution in [-0.4, -0.2) is 32.2 Å². The summed E-state index contributed by atoms with van der Waals surface area (Å²) in [5.41, 5.74) is 0.883. The molecule has 6 nitrogen and oxygen atoms in total. The molecule has 7 heteroatoms. The van der Waals surface area contributed by atoms with Crippen molar-refractivity contribution in [1.82, 2.24) is 0 Å². The summed E-state index contributed by atoms with van der Waals surface area (Å²) in [7, 11) is 1.48. The zero-order chi connectivity index (χ0) is 18.2. The third-order valence-corrected chi connectivity index (χ3v) is 3.64. The van der Waals surface area contributed by atoms with Gasteiger partial charge in [-0.2, -0.15) is 0 Å². The van der Waals surface area contributed by atoms with E-state index in [0.29, 0.717) is 23.8 Å². The van der Waals surface area contributed by atoms with Crippen molar-refractivity contribution in [2.75, 3.05) is 25.6 Å². The van der Waals surface area contributed by atoms with Crippen LogP contribution in [0.5, 0.6) is 11.5 Å². The first-order valence-corrected chi connectivity index (χ1v) is 8.36. The number of amides is 1. The van der Waals surface area contributed by atoms with Gasteiger partial charge < -0.3 is 19.5 Å². The van der Waals surface area contributed by atoms with Gasteiger partial charge in [0.05, 0.1) is 19.3 Å². The number of methoxy groups -OCH3 is 1. The van der Waals surface area contributed by atoms with E-state index in [1.807, 2.05) is 13.0 Å². The summed E-state index contributed by atoms with van der Waals surface area (Å²) < 4.78 is 16.4. The fourth-order valence-corrected chi connectivity index (χ4v) is 2.45. The fraction of sp³-hybridized carbons (Fsp3) is 0.222. The number of esters is 1. The summed E-state index contributed by atoms with van der Waals surface area (Å²) >= 11 is 3.32. The number of nitrogens with one attached hydrogen (secondary N) is 1. The summed E-state index contributed by atoms with van der Waals surface area (Å²) in [4.78, 5) is 24.0. The highest BCUT2D eigenvalue weighted by molar-refractivity contribution is 9.10. The lowest BCUT2D eigenvalue weighted by atomic mass is 10.2. The number of carbonyl (C=O) groups is 2. The number of anilines is 1. The van der Waals surface area contributed by atoms with Crippen molar-refractivity contribution in [3.05, 3.63) is 52.5 Å². The minimum Gasteiger partial charge on any atom is -0.493 e. The van der Waals surface area contributed by atoms with Crippen LogP contribution in [0.4, 0.5) is 5.69 Å². The molecule has 2 aromatic rings. The molecule has 1 N–H and O–H groups in total. The van der Waals surface area contributed by atoms with Crippen molar-refractivity contribution in [1.29, 1.82) is 0 Å². The molecular formula is C18H18BrNO5. The SMILES string of the molecule is CCOc1ccc(C(=O)OCC(=O)Nc2cccc(Br)c2)cc1OC. The van der Waals surface area contributed by atoms with Gasteiger partial charge in [0.2, 0.25) is 0 Å². The monoisotopic (exact) mass is 407 g/mol. The Morgan fingerprint density at radius 1 is 1.12 bits per heavy atom. The van der Waals surface area contributed by atoms with E-state index in [2.05, 4.69) is 21.2 Å². The maximum atomic E-state index is 12.1. The maximum Gasteiger partial charge on any atom is 0.338 e. The van der Waals surface area contributed by atoms with Crippen LogP contribution in [0.15, 0.2) is 46.9 Å². The first-order chi connectivity index (χ1) is 12.0. The lowest BCUT2D eigenvalue weighted by Crippen LogP contribution is -2.21. The van der Waals surface area contributed by atoms with Crippen molar-refractivity contribution in [3.8, 4) is 11.5 Å². The molecule has 0 atom stereocenters. The molecule has 0 heterocycles. The van der Waals surface area contributed by atoms with Crippen LogP contribution < -0.4 is 14.8 Å². The quantitative estimate of drug-likeness (QED) is 0.708. The van der Waals surface area contributed by atoms with E-state index in [9.17, 15) is 9.59 Å². The normalized spacial score (nSPS) is 10.0. The molecule has 0 spiro atoms. The highest BCUT2D eigenvalue weighted by Gasteiger charge is 2.14. The summed E-state index contributed by atoms with van der Waals surface area (Å²) in [5, 5.41) is 2.65. The summed E-state index contributed by atoms with van der Waals surface area (Å²) in [5.74, 6) is -0.0843. The number of benzene rings is 2. The Kier molecular flexibility index (Phi) is 6.82. The zero-order valence-corrected chi connectivity index (χ0v) is 15.5. The molecule has 2 rings (SSSR count). The number of rotatable bonds is 7. The molecule has 0 unspecified atom stereocenters. The number of carbonyl (C=O) groups excluding carboxylic acids is 2. The van der Waals surface area contributed by atoms with Crippen LogP contribution in [0.25, 0.3) is 0 Å². The van der Waals surface area contributed by atoms with E-state index in [-0.39, 0.29) is 12.2 Å². The lowest BCUT2D eigenvalue weighted by molar-refractivity contribution is -0.119. The first kappa shape index (κ1) is 18.8. The second-order valence-corrected chi connectivity index (χ2v) is 5.85. The first-order valence-electron chi connectivity index (χ1n) is 7.57. The van der Waals surface area contributed by atoms with Crippen LogP contribution in [0.1, 0.15) is 17.3 Å². The van der Waals surface area contributed by atoms with Gasteiger partial charge in [-0.3, -0.25) is 4.79 Å².